The van der Waals surface area contributed by atoms with Gasteiger partial charge in [0.1, 0.15) is 5.75 Å². The van der Waals surface area contributed by atoms with E-state index in [4.69, 9.17) is 16.3 Å². The van der Waals surface area contributed by atoms with Crippen LogP contribution in [0.4, 0.5) is 5.69 Å². The summed E-state index contributed by atoms with van der Waals surface area (Å²) >= 11 is 6.03. The van der Waals surface area contributed by atoms with Crippen LogP contribution in [-0.4, -0.2) is 33.2 Å². The Morgan fingerprint density at radius 1 is 1.50 bits per heavy atom. The van der Waals surface area contributed by atoms with Crippen LogP contribution < -0.4 is 15.0 Å². The number of methoxy groups -OCH3 is 1. The monoisotopic (exact) mass is 290 g/mol. The van der Waals surface area contributed by atoms with E-state index in [0.29, 0.717) is 10.8 Å². The molecule has 1 aliphatic rings. The van der Waals surface area contributed by atoms with Crippen molar-refractivity contribution >= 4 is 35.6 Å². The Morgan fingerprint density at radius 2 is 2.17 bits per heavy atom. The molecule has 1 aromatic carbocycles. The van der Waals surface area contributed by atoms with Crippen LogP contribution in [-0.2, 0) is 4.79 Å². The lowest BCUT2D eigenvalue weighted by Gasteiger charge is -2.30. The van der Waals surface area contributed by atoms with Crippen LogP contribution in [0, 0.1) is 5.92 Å². The van der Waals surface area contributed by atoms with Crippen molar-refractivity contribution in [3.8, 4) is 5.75 Å². The summed E-state index contributed by atoms with van der Waals surface area (Å²) in [5.74, 6) is 0.812. The van der Waals surface area contributed by atoms with Crippen LogP contribution in [0.5, 0.6) is 5.75 Å². The van der Waals surface area contributed by atoms with Gasteiger partial charge in [-0.25, -0.2) is 0 Å². The zero-order chi connectivity index (χ0) is 12.4. The molecule has 1 aliphatic heterocycles. The van der Waals surface area contributed by atoms with Crippen LogP contribution in [0.3, 0.4) is 0 Å². The minimum atomic E-state index is 0. The smallest absolute Gasteiger partial charge is 0.232 e. The normalized spacial score (nSPS) is 14.4. The van der Waals surface area contributed by atoms with Crippen LogP contribution in [0.2, 0.25) is 5.02 Å². The highest BCUT2D eigenvalue weighted by atomic mass is 35.5. The van der Waals surface area contributed by atoms with Crippen LogP contribution in [0.25, 0.3) is 0 Å². The number of hydrogen-bond acceptors (Lipinski definition) is 3. The van der Waals surface area contributed by atoms with Crippen LogP contribution in [0.1, 0.15) is 0 Å². The summed E-state index contributed by atoms with van der Waals surface area (Å²) in [5.41, 5.74) is 0.785. The molecule has 0 unspecified atom stereocenters. The molecule has 2 rings (SSSR count). The lowest BCUT2D eigenvalue weighted by Crippen LogP contribution is -2.51. The van der Waals surface area contributed by atoms with Gasteiger partial charge in [0, 0.05) is 25.8 Å². The standard InChI is InChI=1S/C12H15ClN2O2.ClH/c1-15(12(16)8-6-14-7-8)9-3-4-11(17-2)10(13)5-9;/h3-5,8,14H,6-7H2,1-2H3;1H. The summed E-state index contributed by atoms with van der Waals surface area (Å²) in [5, 5.41) is 3.60. The van der Waals surface area contributed by atoms with E-state index in [9.17, 15) is 4.79 Å². The number of carbonyl (C=O) groups excluding carboxylic acids is 1. The molecule has 0 aromatic heterocycles. The third-order valence-electron chi connectivity index (χ3n) is 2.98. The van der Waals surface area contributed by atoms with Gasteiger partial charge in [-0.05, 0) is 18.2 Å². The fraction of sp³-hybridized carbons (Fsp3) is 0.417. The molecule has 0 saturated carbocycles. The van der Waals surface area contributed by atoms with Gasteiger partial charge in [0.2, 0.25) is 5.91 Å². The van der Waals surface area contributed by atoms with Gasteiger partial charge in [-0.3, -0.25) is 4.79 Å². The van der Waals surface area contributed by atoms with E-state index in [1.807, 2.05) is 6.07 Å². The fourth-order valence-electron chi connectivity index (χ4n) is 1.73. The second-order valence-electron chi connectivity index (χ2n) is 4.07. The highest BCUT2D eigenvalue weighted by Crippen LogP contribution is 2.29. The molecule has 0 spiro atoms. The van der Waals surface area contributed by atoms with Gasteiger partial charge in [0.15, 0.2) is 0 Å². The minimum absolute atomic E-state index is 0. The van der Waals surface area contributed by atoms with Crippen LogP contribution in [0.15, 0.2) is 18.2 Å². The Bertz CT molecular complexity index is 436. The quantitative estimate of drug-likeness (QED) is 0.925. The average molecular weight is 291 g/mol. The molecule has 6 heteroatoms. The molecule has 0 bridgehead atoms. The molecule has 1 saturated heterocycles. The van der Waals surface area contributed by atoms with E-state index >= 15 is 0 Å². The Labute approximate surface area is 118 Å². The molecular weight excluding hydrogens is 275 g/mol. The summed E-state index contributed by atoms with van der Waals surface area (Å²) in [6.07, 6.45) is 0. The number of amides is 1. The second kappa shape index (κ2) is 6.27. The molecule has 1 amide bonds. The van der Waals surface area contributed by atoms with Crippen molar-refractivity contribution in [1.82, 2.24) is 5.32 Å². The molecular formula is C12H16Cl2N2O2. The lowest BCUT2D eigenvalue weighted by atomic mass is 10.0. The fourth-order valence-corrected chi connectivity index (χ4v) is 1.98. The van der Waals surface area contributed by atoms with Crippen LogP contribution >= 0.6 is 24.0 Å². The molecule has 4 nitrogen and oxygen atoms in total. The molecule has 0 atom stereocenters. The van der Waals surface area contributed by atoms with Crippen molar-refractivity contribution < 1.29 is 9.53 Å². The Balaban J connectivity index is 0.00000162. The first kappa shape index (κ1) is 15.1. The number of hydrogen-bond donors (Lipinski definition) is 1. The Hall–Kier alpha value is -0.970. The van der Waals surface area contributed by atoms with Gasteiger partial charge in [-0.2, -0.15) is 0 Å². The number of ether oxygens (including phenoxy) is 1. The van der Waals surface area contributed by atoms with Crippen molar-refractivity contribution in [2.45, 2.75) is 0 Å². The van der Waals surface area contributed by atoms with Gasteiger partial charge in [0.25, 0.3) is 0 Å². The molecule has 1 aromatic rings. The number of carbonyl (C=O) groups is 1. The first-order chi connectivity index (χ1) is 8.13. The van der Waals surface area contributed by atoms with Crippen molar-refractivity contribution in [1.29, 1.82) is 0 Å². The maximum Gasteiger partial charge on any atom is 0.232 e. The number of nitrogens with one attached hydrogen (secondary N) is 1. The van der Waals surface area contributed by atoms with Crippen molar-refractivity contribution in [2.24, 2.45) is 5.92 Å². The van der Waals surface area contributed by atoms with E-state index in [2.05, 4.69) is 5.32 Å². The van der Waals surface area contributed by atoms with Crippen molar-refractivity contribution in [3.63, 3.8) is 0 Å². The number of halogens is 2. The maximum atomic E-state index is 12.0. The van der Waals surface area contributed by atoms with Crippen molar-refractivity contribution in [2.75, 3.05) is 32.1 Å². The number of benzene rings is 1. The number of rotatable bonds is 3. The second-order valence-corrected chi connectivity index (χ2v) is 4.48. The summed E-state index contributed by atoms with van der Waals surface area (Å²) in [7, 11) is 3.33. The first-order valence-corrected chi connectivity index (χ1v) is 5.83. The number of nitrogens with zero attached hydrogens (tertiary/aromatic N) is 1. The van der Waals surface area contributed by atoms with E-state index in [-0.39, 0.29) is 24.2 Å². The third kappa shape index (κ3) is 2.88. The molecule has 100 valence electrons. The largest absolute Gasteiger partial charge is 0.495 e. The van der Waals surface area contributed by atoms with Gasteiger partial charge in [-0.1, -0.05) is 11.6 Å². The predicted octanol–water partition coefficient (Wildman–Crippen LogP) is 1.95. The molecule has 1 N–H and O–H groups in total. The Kier molecular flexibility index (Phi) is 5.26. The SMILES string of the molecule is COc1ccc(N(C)C(=O)C2CNC2)cc1Cl.Cl. The first-order valence-electron chi connectivity index (χ1n) is 5.45. The molecule has 1 fully saturated rings. The van der Waals surface area contributed by atoms with Gasteiger partial charge >= 0.3 is 0 Å². The molecule has 1 heterocycles. The Morgan fingerprint density at radius 3 is 2.61 bits per heavy atom. The lowest BCUT2D eigenvalue weighted by molar-refractivity contribution is -0.123. The van der Waals surface area contributed by atoms with Gasteiger partial charge in [0.05, 0.1) is 18.1 Å². The predicted molar refractivity (Wildman–Crippen MR) is 75.0 cm³/mol. The minimum Gasteiger partial charge on any atom is -0.495 e. The van der Waals surface area contributed by atoms with E-state index in [1.165, 1.54) is 0 Å². The molecule has 18 heavy (non-hydrogen) atoms. The van der Waals surface area contributed by atoms with Gasteiger partial charge < -0.3 is 15.0 Å². The molecule has 0 radical (unpaired) electrons. The summed E-state index contributed by atoms with van der Waals surface area (Å²) < 4.78 is 5.07. The van der Waals surface area contributed by atoms with E-state index in [0.717, 1.165) is 18.8 Å². The van der Waals surface area contributed by atoms with Gasteiger partial charge in [-0.15, -0.1) is 12.4 Å². The zero-order valence-electron chi connectivity index (χ0n) is 10.3. The maximum absolute atomic E-state index is 12.0. The third-order valence-corrected chi connectivity index (χ3v) is 3.28. The highest BCUT2D eigenvalue weighted by Gasteiger charge is 2.28. The van der Waals surface area contributed by atoms with Crippen molar-refractivity contribution in [3.05, 3.63) is 23.2 Å². The average Bonchev–Trinajstić information content (AvgIpc) is 2.25. The molecule has 0 aliphatic carbocycles. The number of anilines is 1. The summed E-state index contributed by atoms with van der Waals surface area (Å²) in [4.78, 5) is 13.6. The van der Waals surface area contributed by atoms with E-state index in [1.54, 1.807) is 31.2 Å². The highest BCUT2D eigenvalue weighted by molar-refractivity contribution is 6.32. The summed E-state index contributed by atoms with van der Waals surface area (Å²) in [6.45, 7) is 1.51. The zero-order valence-corrected chi connectivity index (χ0v) is 11.8. The van der Waals surface area contributed by atoms with E-state index < -0.39 is 0 Å². The topological polar surface area (TPSA) is 41.6 Å². The summed E-state index contributed by atoms with van der Waals surface area (Å²) in [6, 6.07) is 5.33.